The van der Waals surface area contributed by atoms with E-state index in [-0.39, 0.29) is 28.4 Å². The molecule has 0 spiro atoms. The monoisotopic (exact) mass is 427 g/mol. The first-order valence-corrected chi connectivity index (χ1v) is 8.58. The number of carbonyl (C=O) groups is 1. The molecule has 0 fully saturated rings. The second kappa shape index (κ2) is 6.44. The number of primary amides is 1. The second-order valence-electron chi connectivity index (χ2n) is 5.69. The molecule has 7 nitrogen and oxygen atoms in total. The molecule has 2 aromatic carbocycles. The number of benzene rings is 2. The number of nitrogens with two attached hydrogens (primary N) is 1. The SMILES string of the molecule is NC(=O)c1nc(-c2cccc(Br)c2)nc2c1[nH]c(=O)n2-c1ccccc1F. The van der Waals surface area contributed by atoms with E-state index >= 15 is 0 Å². The number of hydrogen-bond donors (Lipinski definition) is 2. The van der Waals surface area contributed by atoms with Crippen LogP contribution in [0.25, 0.3) is 28.2 Å². The Balaban J connectivity index is 2.10. The van der Waals surface area contributed by atoms with Crippen molar-refractivity contribution in [3.8, 4) is 17.1 Å². The minimum atomic E-state index is -0.833. The fraction of sp³-hybridized carbons (Fsp3) is 0. The van der Waals surface area contributed by atoms with Gasteiger partial charge in [-0.15, -0.1) is 0 Å². The number of nitrogens with one attached hydrogen (secondary N) is 1. The van der Waals surface area contributed by atoms with Crippen LogP contribution in [-0.4, -0.2) is 25.4 Å². The predicted octanol–water partition coefficient (Wildman–Crippen LogP) is 2.78. The van der Waals surface area contributed by atoms with Crippen LogP contribution in [0.1, 0.15) is 10.5 Å². The molecule has 0 saturated carbocycles. The smallest absolute Gasteiger partial charge is 0.332 e. The van der Waals surface area contributed by atoms with Gasteiger partial charge in [0.15, 0.2) is 17.2 Å². The van der Waals surface area contributed by atoms with Gasteiger partial charge in [-0.2, -0.15) is 0 Å². The summed E-state index contributed by atoms with van der Waals surface area (Å²) in [5.74, 6) is -1.26. The molecule has 0 aliphatic carbocycles. The van der Waals surface area contributed by atoms with Gasteiger partial charge in [0.05, 0.1) is 5.69 Å². The number of fused-ring (bicyclic) bond motifs is 1. The maximum Gasteiger partial charge on any atom is 0.332 e. The van der Waals surface area contributed by atoms with Crippen molar-refractivity contribution in [2.45, 2.75) is 0 Å². The molecule has 9 heteroatoms. The van der Waals surface area contributed by atoms with Gasteiger partial charge in [-0.3, -0.25) is 4.79 Å². The Morgan fingerprint density at radius 1 is 1.15 bits per heavy atom. The molecule has 0 aliphatic rings. The van der Waals surface area contributed by atoms with Gasteiger partial charge in [-0.05, 0) is 24.3 Å². The number of carbonyl (C=O) groups excluding carboxylic acids is 1. The van der Waals surface area contributed by atoms with Crippen LogP contribution >= 0.6 is 15.9 Å². The number of para-hydroxylation sites is 1. The van der Waals surface area contributed by atoms with Gasteiger partial charge in [-0.25, -0.2) is 23.7 Å². The van der Waals surface area contributed by atoms with E-state index in [0.29, 0.717) is 5.56 Å². The zero-order valence-electron chi connectivity index (χ0n) is 13.6. The number of aromatic amines is 1. The van der Waals surface area contributed by atoms with Gasteiger partial charge in [0, 0.05) is 10.0 Å². The number of amides is 1. The first kappa shape index (κ1) is 17.1. The van der Waals surface area contributed by atoms with Crippen LogP contribution in [0.3, 0.4) is 0 Å². The zero-order valence-corrected chi connectivity index (χ0v) is 15.2. The van der Waals surface area contributed by atoms with Crippen molar-refractivity contribution in [2.75, 3.05) is 0 Å². The highest BCUT2D eigenvalue weighted by molar-refractivity contribution is 9.10. The molecule has 0 unspecified atom stereocenters. The number of rotatable bonds is 3. The van der Waals surface area contributed by atoms with Gasteiger partial charge in [0.2, 0.25) is 0 Å². The molecule has 0 bridgehead atoms. The summed E-state index contributed by atoms with van der Waals surface area (Å²) in [5, 5.41) is 0. The summed E-state index contributed by atoms with van der Waals surface area (Å²) in [5.41, 5.74) is 5.35. The van der Waals surface area contributed by atoms with Crippen LogP contribution in [0.5, 0.6) is 0 Å². The maximum atomic E-state index is 14.3. The van der Waals surface area contributed by atoms with E-state index in [1.54, 1.807) is 24.3 Å². The van der Waals surface area contributed by atoms with Crippen molar-refractivity contribution in [1.29, 1.82) is 0 Å². The topological polar surface area (TPSA) is 107 Å². The summed E-state index contributed by atoms with van der Waals surface area (Å²) in [6.07, 6.45) is 0. The molecule has 3 N–H and O–H groups in total. The first-order chi connectivity index (χ1) is 13.0. The molecule has 2 aromatic heterocycles. The Bertz CT molecular complexity index is 1260. The van der Waals surface area contributed by atoms with Gasteiger partial charge >= 0.3 is 5.69 Å². The van der Waals surface area contributed by atoms with Crippen LogP contribution < -0.4 is 11.4 Å². The lowest BCUT2D eigenvalue weighted by Crippen LogP contribution is -2.16. The van der Waals surface area contributed by atoms with Crippen LogP contribution in [-0.2, 0) is 0 Å². The number of halogens is 2. The Kier molecular flexibility index (Phi) is 4.08. The predicted molar refractivity (Wildman–Crippen MR) is 101 cm³/mol. The van der Waals surface area contributed by atoms with E-state index in [9.17, 15) is 14.0 Å². The molecule has 4 aromatic rings. The van der Waals surface area contributed by atoms with Crippen LogP contribution in [0.2, 0.25) is 0 Å². The Hall–Kier alpha value is -3.33. The van der Waals surface area contributed by atoms with Gasteiger partial charge in [0.25, 0.3) is 5.91 Å². The summed E-state index contributed by atoms with van der Waals surface area (Å²) >= 11 is 3.36. The van der Waals surface area contributed by atoms with Crippen LogP contribution in [0.4, 0.5) is 4.39 Å². The summed E-state index contributed by atoms with van der Waals surface area (Å²) in [6.45, 7) is 0. The standard InChI is InChI=1S/C18H11BrFN5O2/c19-10-5-3-4-9(8-10)16-22-13(15(21)26)14-17(24-16)25(18(27)23-14)12-7-2-1-6-11(12)20/h1-8H,(H2,21,26)(H,23,27). The average Bonchev–Trinajstić information content (AvgIpc) is 2.97. The van der Waals surface area contributed by atoms with Gasteiger partial charge in [0.1, 0.15) is 11.3 Å². The molecule has 27 heavy (non-hydrogen) atoms. The maximum absolute atomic E-state index is 14.3. The van der Waals surface area contributed by atoms with Crippen molar-refractivity contribution in [3.63, 3.8) is 0 Å². The molecule has 0 aliphatic heterocycles. The normalized spacial score (nSPS) is 11.0. The van der Waals surface area contributed by atoms with Crippen molar-refractivity contribution in [2.24, 2.45) is 5.73 Å². The van der Waals surface area contributed by atoms with E-state index in [4.69, 9.17) is 5.73 Å². The number of imidazole rings is 1. The highest BCUT2D eigenvalue weighted by atomic mass is 79.9. The lowest BCUT2D eigenvalue weighted by Gasteiger charge is -2.07. The average molecular weight is 428 g/mol. The summed E-state index contributed by atoms with van der Waals surface area (Å²) in [6, 6.07) is 12.9. The molecule has 1 amide bonds. The van der Waals surface area contributed by atoms with Crippen LogP contribution in [0.15, 0.2) is 57.8 Å². The lowest BCUT2D eigenvalue weighted by molar-refractivity contribution is 0.0997. The van der Waals surface area contributed by atoms with E-state index in [2.05, 4.69) is 30.9 Å². The fourth-order valence-electron chi connectivity index (χ4n) is 2.78. The van der Waals surface area contributed by atoms with E-state index in [0.717, 1.165) is 9.04 Å². The fourth-order valence-corrected chi connectivity index (χ4v) is 3.18. The molecule has 4 rings (SSSR count). The Morgan fingerprint density at radius 2 is 1.93 bits per heavy atom. The molecule has 0 saturated heterocycles. The third kappa shape index (κ3) is 2.91. The molecule has 134 valence electrons. The van der Waals surface area contributed by atoms with Crippen molar-refractivity contribution < 1.29 is 9.18 Å². The summed E-state index contributed by atoms with van der Waals surface area (Å²) in [4.78, 5) is 35.5. The van der Waals surface area contributed by atoms with Gasteiger partial charge in [-0.1, -0.05) is 40.2 Å². The van der Waals surface area contributed by atoms with E-state index < -0.39 is 17.4 Å². The highest BCUT2D eigenvalue weighted by Crippen LogP contribution is 2.24. The summed E-state index contributed by atoms with van der Waals surface area (Å²) in [7, 11) is 0. The lowest BCUT2D eigenvalue weighted by atomic mass is 10.2. The Morgan fingerprint density at radius 3 is 2.63 bits per heavy atom. The van der Waals surface area contributed by atoms with Crippen LogP contribution in [0, 0.1) is 5.82 Å². The van der Waals surface area contributed by atoms with E-state index in [1.165, 1.54) is 18.2 Å². The Labute approximate surface area is 159 Å². The molecule has 0 atom stereocenters. The minimum absolute atomic E-state index is 0.00284. The van der Waals surface area contributed by atoms with Gasteiger partial charge < -0.3 is 10.7 Å². The van der Waals surface area contributed by atoms with Crippen molar-refractivity contribution >= 4 is 33.0 Å². The molecular weight excluding hydrogens is 417 g/mol. The van der Waals surface area contributed by atoms with Crippen molar-refractivity contribution in [3.05, 3.63) is 75.0 Å². The number of H-pyrrole nitrogens is 1. The molecule has 0 radical (unpaired) electrons. The number of aromatic nitrogens is 4. The largest absolute Gasteiger partial charge is 0.364 e. The summed E-state index contributed by atoms with van der Waals surface area (Å²) < 4.78 is 16.1. The number of nitrogens with zero attached hydrogens (tertiary/aromatic N) is 3. The second-order valence-corrected chi connectivity index (χ2v) is 6.60. The third-order valence-corrected chi connectivity index (χ3v) is 4.44. The van der Waals surface area contributed by atoms with E-state index in [1.807, 2.05) is 6.07 Å². The highest BCUT2D eigenvalue weighted by Gasteiger charge is 2.21. The third-order valence-electron chi connectivity index (χ3n) is 3.95. The number of hydrogen-bond acceptors (Lipinski definition) is 4. The quantitative estimate of drug-likeness (QED) is 0.523. The first-order valence-electron chi connectivity index (χ1n) is 7.79. The molecular formula is C18H11BrFN5O2. The minimum Gasteiger partial charge on any atom is -0.364 e. The molecule has 2 heterocycles. The van der Waals surface area contributed by atoms with Crippen molar-refractivity contribution in [1.82, 2.24) is 19.5 Å². The zero-order chi connectivity index (χ0) is 19.1.